The van der Waals surface area contributed by atoms with Crippen LogP contribution in [0.2, 0.25) is 0 Å². The highest BCUT2D eigenvalue weighted by molar-refractivity contribution is 5.79. The van der Waals surface area contributed by atoms with Crippen LogP contribution in [0.15, 0.2) is 47.5 Å². The Balaban J connectivity index is 1.39. The summed E-state index contributed by atoms with van der Waals surface area (Å²) in [5, 5.41) is 6.66. The maximum atomic E-state index is 5.91. The predicted molar refractivity (Wildman–Crippen MR) is 112 cm³/mol. The molecule has 150 valence electrons. The highest BCUT2D eigenvalue weighted by Gasteiger charge is 2.12. The van der Waals surface area contributed by atoms with Gasteiger partial charge in [-0.05, 0) is 54.8 Å². The maximum absolute atomic E-state index is 5.91. The number of aliphatic imine (C=N–C) groups is 1. The van der Waals surface area contributed by atoms with Crippen LogP contribution < -0.4 is 24.8 Å². The predicted octanol–water partition coefficient (Wildman–Crippen LogP) is 2.81. The van der Waals surface area contributed by atoms with Gasteiger partial charge < -0.3 is 24.8 Å². The third kappa shape index (κ3) is 5.55. The highest BCUT2D eigenvalue weighted by Crippen LogP contribution is 2.25. The average molecular weight is 383 g/mol. The van der Waals surface area contributed by atoms with Crippen LogP contribution in [0.25, 0.3) is 0 Å². The lowest BCUT2D eigenvalue weighted by molar-refractivity contribution is 0.223. The van der Waals surface area contributed by atoms with Crippen LogP contribution in [0.4, 0.5) is 0 Å². The molecular formula is C22H29N3O3. The number of hydrogen-bond donors (Lipinski definition) is 2. The Bertz CT molecular complexity index is 790. The molecule has 1 aliphatic heterocycles. The number of methoxy groups -OCH3 is 1. The van der Waals surface area contributed by atoms with Crippen molar-refractivity contribution in [1.29, 1.82) is 0 Å². The number of fused-ring (bicyclic) bond motifs is 1. The zero-order valence-electron chi connectivity index (χ0n) is 16.8. The van der Waals surface area contributed by atoms with Crippen molar-refractivity contribution in [2.24, 2.45) is 4.99 Å². The minimum atomic E-state index is 0.00339. The summed E-state index contributed by atoms with van der Waals surface area (Å²) in [4.78, 5) is 4.28. The van der Waals surface area contributed by atoms with Crippen molar-refractivity contribution >= 4 is 5.96 Å². The van der Waals surface area contributed by atoms with Gasteiger partial charge in [-0.15, -0.1) is 0 Å². The molecule has 3 rings (SSSR count). The number of ether oxygens (including phenoxy) is 3. The molecule has 0 fully saturated rings. The van der Waals surface area contributed by atoms with E-state index in [4.69, 9.17) is 14.2 Å². The Hall–Kier alpha value is -2.89. The fraction of sp³-hybridized carbons (Fsp3) is 0.409. The lowest BCUT2D eigenvalue weighted by atomic mass is 10.1. The Morgan fingerprint density at radius 1 is 1.14 bits per heavy atom. The molecule has 0 spiro atoms. The number of hydrogen-bond acceptors (Lipinski definition) is 4. The van der Waals surface area contributed by atoms with E-state index in [1.807, 2.05) is 31.2 Å². The van der Waals surface area contributed by atoms with E-state index in [0.717, 1.165) is 49.2 Å². The normalized spacial score (nSPS) is 14.0. The minimum Gasteiger partial charge on any atom is -0.497 e. The van der Waals surface area contributed by atoms with Crippen molar-refractivity contribution in [2.75, 3.05) is 33.9 Å². The summed E-state index contributed by atoms with van der Waals surface area (Å²) in [6.45, 7) is 4.29. The summed E-state index contributed by atoms with van der Waals surface area (Å²) in [5.74, 6) is 3.44. The molecule has 28 heavy (non-hydrogen) atoms. The summed E-state index contributed by atoms with van der Waals surface area (Å²) in [5.41, 5.74) is 2.62. The quantitative estimate of drug-likeness (QED) is 0.542. The van der Waals surface area contributed by atoms with Crippen LogP contribution in [0.3, 0.4) is 0 Å². The summed E-state index contributed by atoms with van der Waals surface area (Å²) >= 11 is 0. The number of rotatable bonds is 8. The molecule has 1 atom stereocenters. The Labute approximate surface area is 166 Å². The molecule has 0 radical (unpaired) electrons. The largest absolute Gasteiger partial charge is 0.497 e. The molecule has 6 nitrogen and oxygen atoms in total. The first-order valence-electron chi connectivity index (χ1n) is 9.68. The summed E-state index contributed by atoms with van der Waals surface area (Å²) < 4.78 is 16.6. The second-order valence-corrected chi connectivity index (χ2v) is 6.77. The minimum absolute atomic E-state index is 0.00339. The van der Waals surface area contributed by atoms with Gasteiger partial charge in [0.25, 0.3) is 0 Å². The Kier molecular flexibility index (Phi) is 7.00. The van der Waals surface area contributed by atoms with Crippen molar-refractivity contribution in [3.63, 3.8) is 0 Å². The molecule has 1 aliphatic rings. The second-order valence-electron chi connectivity index (χ2n) is 6.77. The van der Waals surface area contributed by atoms with Gasteiger partial charge >= 0.3 is 0 Å². The average Bonchev–Trinajstić information content (AvgIpc) is 3.19. The molecule has 2 N–H and O–H groups in total. The van der Waals surface area contributed by atoms with Gasteiger partial charge in [0.05, 0.1) is 20.3 Å². The van der Waals surface area contributed by atoms with E-state index in [9.17, 15) is 0 Å². The maximum Gasteiger partial charge on any atom is 0.191 e. The lowest BCUT2D eigenvalue weighted by Crippen LogP contribution is -2.42. The van der Waals surface area contributed by atoms with Crippen LogP contribution >= 0.6 is 0 Å². The van der Waals surface area contributed by atoms with E-state index < -0.39 is 0 Å². The van der Waals surface area contributed by atoms with Crippen molar-refractivity contribution < 1.29 is 14.2 Å². The smallest absolute Gasteiger partial charge is 0.191 e. The first kappa shape index (κ1) is 19.9. The van der Waals surface area contributed by atoms with Gasteiger partial charge in [-0.3, -0.25) is 4.99 Å². The van der Waals surface area contributed by atoms with Crippen LogP contribution in [0.5, 0.6) is 17.2 Å². The van der Waals surface area contributed by atoms with Gasteiger partial charge in [-0.2, -0.15) is 0 Å². The van der Waals surface area contributed by atoms with Crippen LogP contribution in [-0.2, 0) is 12.8 Å². The zero-order chi connectivity index (χ0) is 19.8. The molecule has 6 heteroatoms. The zero-order valence-corrected chi connectivity index (χ0v) is 16.8. The topological polar surface area (TPSA) is 64.1 Å². The summed E-state index contributed by atoms with van der Waals surface area (Å²) in [7, 11) is 3.43. The molecule has 0 saturated heterocycles. The number of benzene rings is 2. The lowest BCUT2D eigenvalue weighted by Gasteiger charge is -2.18. The molecule has 0 bridgehead atoms. The van der Waals surface area contributed by atoms with E-state index in [1.54, 1.807) is 14.2 Å². The molecule has 1 unspecified atom stereocenters. The van der Waals surface area contributed by atoms with E-state index in [-0.39, 0.29) is 6.10 Å². The first-order chi connectivity index (χ1) is 13.7. The van der Waals surface area contributed by atoms with Gasteiger partial charge in [-0.1, -0.05) is 12.1 Å². The second kappa shape index (κ2) is 9.88. The third-order valence-electron chi connectivity index (χ3n) is 4.64. The van der Waals surface area contributed by atoms with E-state index in [1.165, 1.54) is 11.1 Å². The van der Waals surface area contributed by atoms with Crippen molar-refractivity contribution in [3.05, 3.63) is 53.6 Å². The fourth-order valence-corrected chi connectivity index (χ4v) is 3.11. The molecule has 0 saturated carbocycles. The number of nitrogens with one attached hydrogen (secondary N) is 2. The number of nitrogens with zero attached hydrogens (tertiary/aromatic N) is 1. The highest BCUT2D eigenvalue weighted by atomic mass is 16.5. The molecule has 0 aromatic heterocycles. The fourth-order valence-electron chi connectivity index (χ4n) is 3.11. The molecular weight excluding hydrogens is 354 g/mol. The third-order valence-corrected chi connectivity index (χ3v) is 4.64. The molecule has 2 aromatic carbocycles. The molecule has 0 aliphatic carbocycles. The van der Waals surface area contributed by atoms with Crippen molar-refractivity contribution in [3.8, 4) is 17.2 Å². The van der Waals surface area contributed by atoms with E-state index in [0.29, 0.717) is 6.54 Å². The van der Waals surface area contributed by atoms with Gasteiger partial charge in [0.15, 0.2) is 5.96 Å². The summed E-state index contributed by atoms with van der Waals surface area (Å²) in [6, 6.07) is 14.0. The summed E-state index contributed by atoms with van der Waals surface area (Å²) in [6.07, 6.45) is 1.95. The SMILES string of the molecule is CN=C(NCCc1ccc2c(c1)CCO2)NCC(C)Oc1ccc(OC)cc1. The van der Waals surface area contributed by atoms with Crippen molar-refractivity contribution in [2.45, 2.75) is 25.9 Å². The number of guanidine groups is 1. The van der Waals surface area contributed by atoms with Crippen LogP contribution in [0, 0.1) is 0 Å². The Morgan fingerprint density at radius 3 is 2.68 bits per heavy atom. The van der Waals surface area contributed by atoms with Gasteiger partial charge in [0.2, 0.25) is 0 Å². The standard InChI is InChI=1S/C22H29N3O3/c1-16(28-20-7-5-19(26-3)6-8-20)15-25-22(23-2)24-12-10-17-4-9-21-18(14-17)11-13-27-21/h4-9,14,16H,10-13,15H2,1-3H3,(H2,23,24,25). The van der Waals surface area contributed by atoms with Crippen molar-refractivity contribution in [1.82, 2.24) is 10.6 Å². The van der Waals surface area contributed by atoms with E-state index >= 15 is 0 Å². The molecule has 2 aromatic rings. The Morgan fingerprint density at radius 2 is 1.93 bits per heavy atom. The molecule has 1 heterocycles. The monoisotopic (exact) mass is 383 g/mol. The van der Waals surface area contributed by atoms with E-state index in [2.05, 4.69) is 33.8 Å². The van der Waals surface area contributed by atoms with Gasteiger partial charge in [0.1, 0.15) is 23.4 Å². The van der Waals surface area contributed by atoms with Crippen LogP contribution in [-0.4, -0.2) is 45.9 Å². The first-order valence-corrected chi connectivity index (χ1v) is 9.68. The molecule has 0 amide bonds. The van der Waals surface area contributed by atoms with Gasteiger partial charge in [-0.25, -0.2) is 0 Å². The van der Waals surface area contributed by atoms with Gasteiger partial charge in [0, 0.05) is 20.0 Å². The van der Waals surface area contributed by atoms with Crippen LogP contribution in [0.1, 0.15) is 18.1 Å².